The van der Waals surface area contributed by atoms with Gasteiger partial charge in [0.1, 0.15) is 13.2 Å². The zero-order valence-corrected chi connectivity index (χ0v) is 7.89. The van der Waals surface area contributed by atoms with E-state index in [4.69, 9.17) is 4.74 Å². The summed E-state index contributed by atoms with van der Waals surface area (Å²) in [5.74, 6) is -0.113. The molecule has 0 bridgehead atoms. The van der Waals surface area contributed by atoms with E-state index in [1.54, 1.807) is 6.92 Å². The summed E-state index contributed by atoms with van der Waals surface area (Å²) in [6, 6.07) is 0. The maximum atomic E-state index is 10.7. The molecule has 0 aliphatic heterocycles. The molecule has 0 saturated carbocycles. The molecule has 3 heteroatoms. The summed E-state index contributed by atoms with van der Waals surface area (Å²) < 4.78 is 5.74. The van der Waals surface area contributed by atoms with Crippen LogP contribution in [0.4, 0.5) is 0 Å². The Balaban J connectivity index is 3.35. The maximum absolute atomic E-state index is 10.7. The molecule has 3 nitrogen and oxygen atoms in total. The van der Waals surface area contributed by atoms with E-state index in [1.165, 1.54) is 0 Å². The summed E-state index contributed by atoms with van der Waals surface area (Å²) in [5, 5.41) is 0. The normalized spacial score (nSPS) is 11.3. The SMILES string of the molecule is CCC(=O)OCC[N+](C)(C)C. The maximum Gasteiger partial charge on any atom is 0.305 e. The highest BCUT2D eigenvalue weighted by Gasteiger charge is 2.07. The second-order valence-corrected chi connectivity index (χ2v) is 3.59. The fourth-order valence-corrected chi connectivity index (χ4v) is 0.535. The molecular weight excluding hydrogens is 142 g/mol. The average molecular weight is 160 g/mol. The van der Waals surface area contributed by atoms with E-state index in [2.05, 4.69) is 21.1 Å². The van der Waals surface area contributed by atoms with Crippen molar-refractivity contribution in [1.82, 2.24) is 0 Å². The minimum Gasteiger partial charge on any atom is -0.460 e. The predicted molar refractivity (Wildman–Crippen MR) is 44.1 cm³/mol. The molecule has 0 rings (SSSR count). The van der Waals surface area contributed by atoms with Gasteiger partial charge in [-0.15, -0.1) is 0 Å². The van der Waals surface area contributed by atoms with Crippen molar-refractivity contribution in [2.45, 2.75) is 13.3 Å². The Labute approximate surface area is 68.5 Å². The van der Waals surface area contributed by atoms with Crippen molar-refractivity contribution in [2.75, 3.05) is 34.3 Å². The number of hydrogen-bond acceptors (Lipinski definition) is 2. The number of ether oxygens (including phenoxy) is 1. The van der Waals surface area contributed by atoms with Crippen LogP contribution in [0, 0.1) is 0 Å². The van der Waals surface area contributed by atoms with Gasteiger partial charge in [-0.1, -0.05) is 6.92 Å². The predicted octanol–water partition coefficient (Wildman–Crippen LogP) is 0.646. The smallest absolute Gasteiger partial charge is 0.305 e. The molecule has 0 heterocycles. The zero-order chi connectivity index (χ0) is 8.91. The van der Waals surface area contributed by atoms with Gasteiger partial charge < -0.3 is 9.22 Å². The number of esters is 1. The fraction of sp³-hybridized carbons (Fsp3) is 0.875. The van der Waals surface area contributed by atoms with Gasteiger partial charge in [-0.2, -0.15) is 0 Å². The quantitative estimate of drug-likeness (QED) is 0.446. The van der Waals surface area contributed by atoms with Gasteiger partial charge in [-0.25, -0.2) is 0 Å². The van der Waals surface area contributed by atoms with Crippen LogP contribution in [-0.2, 0) is 9.53 Å². The van der Waals surface area contributed by atoms with Crippen LogP contribution >= 0.6 is 0 Å². The molecule has 0 aromatic heterocycles. The van der Waals surface area contributed by atoms with Crippen LogP contribution in [0.3, 0.4) is 0 Å². The van der Waals surface area contributed by atoms with Gasteiger partial charge in [-0.05, 0) is 0 Å². The zero-order valence-electron chi connectivity index (χ0n) is 7.89. The highest BCUT2D eigenvalue weighted by molar-refractivity contribution is 5.68. The first-order valence-corrected chi connectivity index (χ1v) is 3.92. The van der Waals surface area contributed by atoms with E-state index in [0.717, 1.165) is 11.0 Å². The molecular formula is C8H18NO2+. The third-order valence-corrected chi connectivity index (χ3v) is 1.31. The highest BCUT2D eigenvalue weighted by atomic mass is 16.5. The summed E-state index contributed by atoms with van der Waals surface area (Å²) in [4.78, 5) is 10.7. The largest absolute Gasteiger partial charge is 0.460 e. The van der Waals surface area contributed by atoms with Crippen LogP contribution in [0.15, 0.2) is 0 Å². The van der Waals surface area contributed by atoms with Gasteiger partial charge in [0, 0.05) is 6.42 Å². The summed E-state index contributed by atoms with van der Waals surface area (Å²) in [6.07, 6.45) is 0.469. The topological polar surface area (TPSA) is 26.3 Å². The minimum absolute atomic E-state index is 0.113. The molecule has 0 aromatic rings. The molecule has 0 fully saturated rings. The van der Waals surface area contributed by atoms with Crippen molar-refractivity contribution >= 4 is 5.97 Å². The van der Waals surface area contributed by atoms with Crippen LogP contribution < -0.4 is 0 Å². The third-order valence-electron chi connectivity index (χ3n) is 1.31. The Bertz CT molecular complexity index is 127. The van der Waals surface area contributed by atoms with Gasteiger partial charge in [0.25, 0.3) is 0 Å². The Morgan fingerprint density at radius 2 is 1.91 bits per heavy atom. The van der Waals surface area contributed by atoms with Crippen molar-refractivity contribution in [3.05, 3.63) is 0 Å². The Morgan fingerprint density at radius 1 is 1.36 bits per heavy atom. The molecule has 0 atom stereocenters. The lowest BCUT2D eigenvalue weighted by molar-refractivity contribution is -0.870. The Hall–Kier alpha value is -0.570. The molecule has 0 aromatic carbocycles. The van der Waals surface area contributed by atoms with Gasteiger partial charge in [0.15, 0.2) is 0 Å². The number of likely N-dealkylation sites (N-methyl/N-ethyl adjacent to an activating group) is 1. The molecule has 0 spiro atoms. The van der Waals surface area contributed by atoms with E-state index in [1.807, 2.05) is 0 Å². The number of quaternary nitrogens is 1. The first-order valence-electron chi connectivity index (χ1n) is 3.92. The lowest BCUT2D eigenvalue weighted by atomic mass is 10.5. The third kappa shape index (κ3) is 7.33. The van der Waals surface area contributed by atoms with Gasteiger partial charge in [0.2, 0.25) is 0 Å². The summed E-state index contributed by atoms with van der Waals surface area (Å²) >= 11 is 0. The number of hydrogen-bond donors (Lipinski definition) is 0. The van der Waals surface area contributed by atoms with Crippen LogP contribution in [0.25, 0.3) is 0 Å². The highest BCUT2D eigenvalue weighted by Crippen LogP contribution is 1.91. The lowest BCUT2D eigenvalue weighted by Crippen LogP contribution is -2.37. The number of nitrogens with zero attached hydrogens (tertiary/aromatic N) is 1. The van der Waals surface area contributed by atoms with Crippen molar-refractivity contribution in [1.29, 1.82) is 0 Å². The molecule has 0 N–H and O–H groups in total. The standard InChI is InChI=1S/C8H18NO2/c1-5-8(10)11-7-6-9(2,3)4/h5-7H2,1-4H3/q+1. The first-order chi connectivity index (χ1) is 4.95. The van der Waals surface area contributed by atoms with E-state index in [-0.39, 0.29) is 5.97 Å². The number of rotatable bonds is 4. The Kier molecular flexibility index (Phi) is 4.11. The van der Waals surface area contributed by atoms with Crippen molar-refractivity contribution < 1.29 is 14.0 Å². The first kappa shape index (κ1) is 10.4. The van der Waals surface area contributed by atoms with Gasteiger partial charge in [-0.3, -0.25) is 4.79 Å². The minimum atomic E-state index is -0.113. The molecule has 66 valence electrons. The van der Waals surface area contributed by atoms with Crippen molar-refractivity contribution in [3.8, 4) is 0 Å². The monoisotopic (exact) mass is 160 g/mol. The summed E-state index contributed by atoms with van der Waals surface area (Å²) in [5.41, 5.74) is 0. The van der Waals surface area contributed by atoms with E-state index < -0.39 is 0 Å². The second kappa shape index (κ2) is 4.34. The summed E-state index contributed by atoms with van der Waals surface area (Å²) in [6.45, 7) is 3.19. The second-order valence-electron chi connectivity index (χ2n) is 3.59. The molecule has 11 heavy (non-hydrogen) atoms. The van der Waals surface area contributed by atoms with Crippen LogP contribution in [0.5, 0.6) is 0 Å². The lowest BCUT2D eigenvalue weighted by Gasteiger charge is -2.23. The van der Waals surface area contributed by atoms with Crippen LogP contribution in [0.1, 0.15) is 13.3 Å². The van der Waals surface area contributed by atoms with Crippen molar-refractivity contribution in [2.24, 2.45) is 0 Å². The van der Waals surface area contributed by atoms with Crippen LogP contribution in [0.2, 0.25) is 0 Å². The number of carbonyl (C=O) groups excluding carboxylic acids is 1. The molecule has 0 unspecified atom stereocenters. The van der Waals surface area contributed by atoms with Crippen LogP contribution in [-0.4, -0.2) is 44.7 Å². The fourth-order valence-electron chi connectivity index (χ4n) is 0.535. The van der Waals surface area contributed by atoms with Gasteiger partial charge >= 0.3 is 5.97 Å². The van der Waals surface area contributed by atoms with E-state index in [0.29, 0.717) is 13.0 Å². The van der Waals surface area contributed by atoms with E-state index in [9.17, 15) is 4.79 Å². The molecule has 0 aliphatic carbocycles. The molecule has 0 amide bonds. The summed E-state index contributed by atoms with van der Waals surface area (Å²) in [7, 11) is 6.21. The van der Waals surface area contributed by atoms with E-state index >= 15 is 0 Å². The Morgan fingerprint density at radius 3 is 2.27 bits per heavy atom. The molecule has 0 saturated heterocycles. The molecule has 0 radical (unpaired) electrons. The number of carbonyl (C=O) groups is 1. The van der Waals surface area contributed by atoms with Crippen molar-refractivity contribution in [3.63, 3.8) is 0 Å². The van der Waals surface area contributed by atoms with Gasteiger partial charge in [0.05, 0.1) is 21.1 Å². The average Bonchev–Trinajstić information content (AvgIpc) is 1.85. The molecule has 0 aliphatic rings.